The highest BCUT2D eigenvalue weighted by molar-refractivity contribution is 7.09. The molecule has 16 heavy (non-hydrogen) atoms. The molecule has 0 aromatic carbocycles. The quantitative estimate of drug-likeness (QED) is 0.833. The van der Waals surface area contributed by atoms with E-state index in [-0.39, 0.29) is 11.8 Å². The van der Waals surface area contributed by atoms with Gasteiger partial charge >= 0.3 is 5.97 Å². The van der Waals surface area contributed by atoms with E-state index in [1.54, 1.807) is 11.3 Å². The topological polar surface area (TPSA) is 50.2 Å². The Hall–Kier alpha value is -0.900. The number of aliphatic carboxylic acids is 1. The average molecular weight is 241 g/mol. The van der Waals surface area contributed by atoms with Crippen LogP contribution in [-0.2, 0) is 17.6 Å². The van der Waals surface area contributed by atoms with Crippen molar-refractivity contribution < 1.29 is 9.90 Å². The molecule has 0 aliphatic carbocycles. The van der Waals surface area contributed by atoms with Crippen molar-refractivity contribution in [2.24, 2.45) is 11.8 Å². The summed E-state index contributed by atoms with van der Waals surface area (Å²) in [6.07, 6.45) is 2.62. The lowest BCUT2D eigenvalue weighted by atomic mass is 9.93. The molecule has 0 radical (unpaired) electrons. The summed E-state index contributed by atoms with van der Waals surface area (Å²) in [7, 11) is 0. The Morgan fingerprint density at radius 3 is 2.75 bits per heavy atom. The number of carbonyl (C=O) groups is 1. The van der Waals surface area contributed by atoms with Gasteiger partial charge in [-0.3, -0.25) is 4.79 Å². The second kappa shape index (κ2) is 5.99. The maximum Gasteiger partial charge on any atom is 0.307 e. The van der Waals surface area contributed by atoms with Crippen molar-refractivity contribution in [3.8, 4) is 0 Å². The Kier molecular flexibility index (Phi) is 4.93. The maximum absolute atomic E-state index is 11.1. The number of carboxylic acid groups (broad SMARTS) is 1. The number of nitrogens with zero attached hydrogens (tertiary/aromatic N) is 1. The number of aromatic nitrogens is 1. The predicted molar refractivity (Wildman–Crippen MR) is 65.8 cm³/mol. The third-order valence-corrected chi connectivity index (χ3v) is 3.54. The summed E-state index contributed by atoms with van der Waals surface area (Å²) in [5, 5.41) is 12.1. The Morgan fingerprint density at radius 2 is 2.25 bits per heavy atom. The summed E-state index contributed by atoms with van der Waals surface area (Å²) in [5.74, 6) is -0.890. The molecule has 0 aliphatic rings. The predicted octanol–water partition coefficient (Wildman–Crippen LogP) is 2.99. The van der Waals surface area contributed by atoms with Crippen molar-refractivity contribution in [1.29, 1.82) is 0 Å². The summed E-state index contributed by atoms with van der Waals surface area (Å²) in [5.41, 5.74) is 1.09. The molecule has 0 fully saturated rings. The summed E-state index contributed by atoms with van der Waals surface area (Å²) in [6, 6.07) is 0. The molecule has 0 amide bonds. The van der Waals surface area contributed by atoms with Gasteiger partial charge < -0.3 is 5.11 Å². The van der Waals surface area contributed by atoms with Crippen LogP contribution in [0.25, 0.3) is 0 Å². The number of carboxylic acids is 1. The molecular weight excluding hydrogens is 222 g/mol. The molecule has 0 bridgehead atoms. The van der Waals surface area contributed by atoms with Gasteiger partial charge in [0.2, 0.25) is 0 Å². The zero-order valence-corrected chi connectivity index (χ0v) is 10.9. The lowest BCUT2D eigenvalue weighted by molar-refractivity contribution is -0.143. The fourth-order valence-electron chi connectivity index (χ4n) is 1.61. The minimum atomic E-state index is -0.720. The molecule has 0 saturated heterocycles. The van der Waals surface area contributed by atoms with Crippen molar-refractivity contribution in [2.45, 2.75) is 40.0 Å². The summed E-state index contributed by atoms with van der Waals surface area (Å²) < 4.78 is 0. The Balaban J connectivity index is 2.66. The van der Waals surface area contributed by atoms with E-state index in [4.69, 9.17) is 5.11 Å². The van der Waals surface area contributed by atoms with Crippen LogP contribution in [0.4, 0.5) is 0 Å². The molecule has 1 rings (SSSR count). The van der Waals surface area contributed by atoms with Gasteiger partial charge in [0.05, 0.1) is 16.6 Å². The van der Waals surface area contributed by atoms with Crippen LogP contribution in [0.1, 0.15) is 37.9 Å². The van der Waals surface area contributed by atoms with Crippen LogP contribution < -0.4 is 0 Å². The van der Waals surface area contributed by atoms with E-state index >= 15 is 0 Å². The van der Waals surface area contributed by atoms with Gasteiger partial charge in [-0.15, -0.1) is 11.3 Å². The molecule has 1 aromatic heterocycles. The minimum absolute atomic E-state index is 0.149. The van der Waals surface area contributed by atoms with Gasteiger partial charge in [-0.1, -0.05) is 27.2 Å². The highest BCUT2D eigenvalue weighted by atomic mass is 32.1. The van der Waals surface area contributed by atoms with Crippen molar-refractivity contribution in [3.63, 3.8) is 0 Å². The highest BCUT2D eigenvalue weighted by Crippen LogP contribution is 2.20. The maximum atomic E-state index is 11.1. The van der Waals surface area contributed by atoms with Crippen molar-refractivity contribution in [2.75, 3.05) is 0 Å². The van der Waals surface area contributed by atoms with Gasteiger partial charge in [-0.05, 0) is 12.3 Å². The highest BCUT2D eigenvalue weighted by Gasteiger charge is 2.23. The van der Waals surface area contributed by atoms with Gasteiger partial charge in [0, 0.05) is 11.8 Å². The van der Waals surface area contributed by atoms with Gasteiger partial charge in [0.15, 0.2) is 0 Å². The Bertz CT molecular complexity index is 347. The fraction of sp³-hybridized carbons (Fsp3) is 0.667. The van der Waals surface area contributed by atoms with Gasteiger partial charge in [-0.2, -0.15) is 0 Å². The number of hydrogen-bond donors (Lipinski definition) is 1. The van der Waals surface area contributed by atoms with Crippen LogP contribution in [-0.4, -0.2) is 16.1 Å². The molecule has 0 aliphatic heterocycles. The van der Waals surface area contributed by atoms with E-state index in [2.05, 4.69) is 11.9 Å². The van der Waals surface area contributed by atoms with Crippen molar-refractivity contribution in [3.05, 3.63) is 16.1 Å². The van der Waals surface area contributed by atoms with Crippen molar-refractivity contribution in [1.82, 2.24) is 4.98 Å². The normalized spacial score (nSPS) is 13.0. The van der Waals surface area contributed by atoms with E-state index in [1.807, 2.05) is 19.2 Å². The lowest BCUT2D eigenvalue weighted by Gasteiger charge is -2.14. The SMILES string of the molecule is CCCc1csc(CC(C(=O)O)C(C)C)n1. The largest absolute Gasteiger partial charge is 0.481 e. The van der Waals surface area contributed by atoms with E-state index < -0.39 is 5.97 Å². The van der Waals surface area contributed by atoms with E-state index in [0.29, 0.717) is 6.42 Å². The third-order valence-electron chi connectivity index (χ3n) is 2.62. The minimum Gasteiger partial charge on any atom is -0.481 e. The number of aryl methyl sites for hydroxylation is 1. The van der Waals surface area contributed by atoms with Crippen LogP contribution in [0.15, 0.2) is 5.38 Å². The van der Waals surface area contributed by atoms with Crippen LogP contribution in [0.5, 0.6) is 0 Å². The van der Waals surface area contributed by atoms with Crippen LogP contribution in [0, 0.1) is 11.8 Å². The van der Waals surface area contributed by atoms with E-state index in [9.17, 15) is 4.79 Å². The first kappa shape index (κ1) is 13.2. The number of thiazole rings is 1. The molecular formula is C12H19NO2S. The standard InChI is InChI=1S/C12H19NO2S/c1-4-5-9-7-16-11(13-9)6-10(8(2)3)12(14)15/h7-8,10H,4-6H2,1-3H3,(H,14,15). The first-order valence-electron chi connectivity index (χ1n) is 5.70. The molecule has 1 heterocycles. The monoisotopic (exact) mass is 241 g/mol. The molecule has 1 N–H and O–H groups in total. The lowest BCUT2D eigenvalue weighted by Crippen LogP contribution is -2.22. The number of hydrogen-bond acceptors (Lipinski definition) is 3. The zero-order valence-electron chi connectivity index (χ0n) is 10.1. The second-order valence-corrected chi connectivity index (χ2v) is 5.32. The first-order valence-corrected chi connectivity index (χ1v) is 6.58. The molecule has 1 atom stereocenters. The smallest absolute Gasteiger partial charge is 0.307 e. The van der Waals surface area contributed by atoms with Crippen LogP contribution >= 0.6 is 11.3 Å². The number of rotatable bonds is 6. The van der Waals surface area contributed by atoms with Crippen LogP contribution in [0.3, 0.4) is 0 Å². The van der Waals surface area contributed by atoms with E-state index in [1.165, 1.54) is 0 Å². The molecule has 0 saturated carbocycles. The summed E-state index contributed by atoms with van der Waals surface area (Å²) in [4.78, 5) is 15.5. The van der Waals surface area contributed by atoms with E-state index in [0.717, 1.165) is 23.5 Å². The van der Waals surface area contributed by atoms with Gasteiger partial charge in [-0.25, -0.2) is 4.98 Å². The van der Waals surface area contributed by atoms with Crippen molar-refractivity contribution >= 4 is 17.3 Å². The average Bonchev–Trinajstić information content (AvgIpc) is 2.61. The molecule has 0 spiro atoms. The molecule has 3 nitrogen and oxygen atoms in total. The molecule has 1 aromatic rings. The fourth-order valence-corrected chi connectivity index (χ4v) is 2.50. The Labute approximate surface area is 101 Å². The summed E-state index contributed by atoms with van der Waals surface area (Å²) in [6.45, 7) is 6.01. The molecule has 4 heteroatoms. The zero-order chi connectivity index (χ0) is 12.1. The second-order valence-electron chi connectivity index (χ2n) is 4.38. The molecule has 90 valence electrons. The Morgan fingerprint density at radius 1 is 1.56 bits per heavy atom. The van der Waals surface area contributed by atoms with Gasteiger partial charge in [0.1, 0.15) is 0 Å². The van der Waals surface area contributed by atoms with Gasteiger partial charge in [0.25, 0.3) is 0 Å². The third kappa shape index (κ3) is 3.59. The molecule has 1 unspecified atom stereocenters. The van der Waals surface area contributed by atoms with Crippen LogP contribution in [0.2, 0.25) is 0 Å². The summed E-state index contributed by atoms with van der Waals surface area (Å²) >= 11 is 1.58. The first-order chi connectivity index (χ1) is 7.54.